The first-order valence-electron chi connectivity index (χ1n) is 8.53. The quantitative estimate of drug-likeness (QED) is 0.665. The van der Waals surface area contributed by atoms with E-state index in [4.69, 9.17) is 4.74 Å². The molecule has 0 aliphatic carbocycles. The van der Waals surface area contributed by atoms with Gasteiger partial charge in [-0.2, -0.15) is 4.72 Å². The first-order chi connectivity index (χ1) is 12.0. The van der Waals surface area contributed by atoms with Crippen LogP contribution in [0.25, 0.3) is 0 Å². The van der Waals surface area contributed by atoms with Crippen LogP contribution in [0.5, 0.6) is 0 Å². The number of ether oxygens (including phenoxy) is 1. The topological polar surface area (TPSA) is 102 Å². The van der Waals surface area contributed by atoms with Gasteiger partial charge in [-0.15, -0.1) is 0 Å². The summed E-state index contributed by atoms with van der Waals surface area (Å²) in [5, 5.41) is 2.56. The van der Waals surface area contributed by atoms with Crippen LogP contribution in [-0.2, 0) is 29.8 Å². The lowest BCUT2D eigenvalue weighted by molar-refractivity contribution is -0.149. The van der Waals surface area contributed by atoms with E-state index in [9.17, 15) is 18.0 Å². The van der Waals surface area contributed by atoms with Gasteiger partial charge in [0.25, 0.3) is 5.91 Å². The summed E-state index contributed by atoms with van der Waals surface area (Å²) in [5.74, 6) is -1.24. The van der Waals surface area contributed by atoms with Crippen molar-refractivity contribution in [2.45, 2.75) is 57.4 Å². The van der Waals surface area contributed by atoms with E-state index >= 15 is 0 Å². The fourth-order valence-electron chi connectivity index (χ4n) is 2.06. The van der Waals surface area contributed by atoms with Crippen molar-refractivity contribution in [2.24, 2.45) is 0 Å². The summed E-state index contributed by atoms with van der Waals surface area (Å²) >= 11 is 0. The van der Waals surface area contributed by atoms with E-state index < -0.39 is 34.5 Å². The third kappa shape index (κ3) is 6.76. The average molecular weight is 384 g/mol. The van der Waals surface area contributed by atoms with Crippen LogP contribution in [0.3, 0.4) is 0 Å². The minimum atomic E-state index is -3.87. The Balaban J connectivity index is 2.68. The Morgan fingerprint density at radius 1 is 1.15 bits per heavy atom. The Bertz CT molecular complexity index is 721. The molecule has 146 valence electrons. The molecule has 8 heteroatoms. The molecule has 0 unspecified atom stereocenters. The zero-order valence-corrected chi connectivity index (χ0v) is 16.8. The molecule has 0 aliphatic rings. The van der Waals surface area contributed by atoms with Gasteiger partial charge in [0.15, 0.2) is 6.61 Å². The first kappa shape index (κ1) is 22.1. The van der Waals surface area contributed by atoms with Crippen LogP contribution >= 0.6 is 0 Å². The van der Waals surface area contributed by atoms with Gasteiger partial charge in [-0.1, -0.05) is 39.8 Å². The molecule has 0 aliphatic heterocycles. The zero-order chi connectivity index (χ0) is 20.0. The molecule has 26 heavy (non-hydrogen) atoms. The van der Waals surface area contributed by atoms with Crippen molar-refractivity contribution >= 4 is 21.9 Å². The minimum absolute atomic E-state index is 0.0610. The molecule has 1 amide bonds. The number of hydrogen-bond donors (Lipinski definition) is 2. The average Bonchev–Trinajstić information content (AvgIpc) is 2.56. The number of amides is 1. The van der Waals surface area contributed by atoms with Crippen LogP contribution in [0.2, 0.25) is 0 Å². The molecule has 0 fully saturated rings. The van der Waals surface area contributed by atoms with Crippen LogP contribution in [0.1, 0.15) is 46.6 Å². The highest BCUT2D eigenvalue weighted by Crippen LogP contribution is 2.23. The molecule has 1 rings (SSSR count). The van der Waals surface area contributed by atoms with Crippen LogP contribution in [-0.4, -0.2) is 39.5 Å². The fourth-order valence-corrected chi connectivity index (χ4v) is 3.25. The van der Waals surface area contributed by atoms with Gasteiger partial charge in [-0.25, -0.2) is 8.42 Å². The largest absolute Gasteiger partial charge is 0.454 e. The van der Waals surface area contributed by atoms with Crippen molar-refractivity contribution < 1.29 is 22.7 Å². The van der Waals surface area contributed by atoms with E-state index in [-0.39, 0.29) is 10.3 Å². The van der Waals surface area contributed by atoms with Gasteiger partial charge in [0, 0.05) is 6.54 Å². The number of rotatable bonds is 8. The van der Waals surface area contributed by atoms with E-state index in [0.29, 0.717) is 6.54 Å². The number of carbonyl (C=O) groups excluding carboxylic acids is 2. The van der Waals surface area contributed by atoms with Gasteiger partial charge < -0.3 is 10.1 Å². The molecule has 0 radical (unpaired) electrons. The third-order valence-electron chi connectivity index (χ3n) is 3.63. The van der Waals surface area contributed by atoms with Crippen molar-refractivity contribution in [3.63, 3.8) is 0 Å². The molecule has 0 bridgehead atoms. The van der Waals surface area contributed by atoms with Crippen LogP contribution in [0.4, 0.5) is 0 Å². The second-order valence-electron chi connectivity index (χ2n) is 7.08. The lowest BCUT2D eigenvalue weighted by Gasteiger charge is -2.19. The van der Waals surface area contributed by atoms with E-state index in [2.05, 4.69) is 10.0 Å². The second kappa shape index (κ2) is 9.14. The van der Waals surface area contributed by atoms with Crippen molar-refractivity contribution in [2.75, 3.05) is 13.2 Å². The van der Waals surface area contributed by atoms with Gasteiger partial charge in [-0.3, -0.25) is 9.59 Å². The SMILES string of the molecule is CCCNC(=O)COC(=O)[C@H](C)NS(=O)(=O)c1ccc(C(C)(C)C)cc1. The molecule has 0 spiro atoms. The van der Waals surface area contributed by atoms with Crippen molar-refractivity contribution in [1.82, 2.24) is 10.0 Å². The van der Waals surface area contributed by atoms with E-state index in [1.165, 1.54) is 19.1 Å². The number of carbonyl (C=O) groups is 2. The van der Waals surface area contributed by atoms with Crippen LogP contribution < -0.4 is 10.0 Å². The monoisotopic (exact) mass is 384 g/mol. The van der Waals surface area contributed by atoms with Crippen molar-refractivity contribution in [3.05, 3.63) is 29.8 Å². The maximum absolute atomic E-state index is 12.4. The first-order valence-corrected chi connectivity index (χ1v) is 10.0. The minimum Gasteiger partial charge on any atom is -0.454 e. The summed E-state index contributed by atoms with van der Waals surface area (Å²) in [6.45, 7) is 9.41. The van der Waals surface area contributed by atoms with Gasteiger partial charge in [0.05, 0.1) is 4.90 Å². The number of benzene rings is 1. The molecule has 0 saturated heterocycles. The molecule has 1 aromatic rings. The summed E-state index contributed by atoms with van der Waals surface area (Å²) in [5.41, 5.74) is 0.910. The highest BCUT2D eigenvalue weighted by Gasteiger charge is 2.24. The van der Waals surface area contributed by atoms with Gasteiger partial charge in [0.2, 0.25) is 10.0 Å². The molecule has 7 nitrogen and oxygen atoms in total. The highest BCUT2D eigenvalue weighted by atomic mass is 32.2. The maximum atomic E-state index is 12.4. The zero-order valence-electron chi connectivity index (χ0n) is 16.0. The molecule has 1 atom stereocenters. The molecule has 2 N–H and O–H groups in total. The third-order valence-corrected chi connectivity index (χ3v) is 5.19. The molecule has 0 heterocycles. The van der Waals surface area contributed by atoms with E-state index in [1.807, 2.05) is 27.7 Å². The summed E-state index contributed by atoms with van der Waals surface area (Å²) in [4.78, 5) is 23.4. The highest BCUT2D eigenvalue weighted by molar-refractivity contribution is 7.89. The van der Waals surface area contributed by atoms with Gasteiger partial charge in [-0.05, 0) is 36.5 Å². The van der Waals surface area contributed by atoms with Crippen molar-refractivity contribution in [1.29, 1.82) is 0 Å². The predicted octanol–water partition coefficient (Wildman–Crippen LogP) is 1.72. The van der Waals surface area contributed by atoms with Crippen LogP contribution in [0, 0.1) is 0 Å². The summed E-state index contributed by atoms with van der Waals surface area (Å²) in [6.07, 6.45) is 0.768. The molecule has 0 aromatic heterocycles. The van der Waals surface area contributed by atoms with Crippen molar-refractivity contribution in [3.8, 4) is 0 Å². The van der Waals surface area contributed by atoms with E-state index in [1.54, 1.807) is 12.1 Å². The fraction of sp³-hybridized carbons (Fsp3) is 0.556. The molecule has 0 saturated carbocycles. The maximum Gasteiger partial charge on any atom is 0.324 e. The lowest BCUT2D eigenvalue weighted by atomic mass is 9.87. The Kier molecular flexibility index (Phi) is 7.77. The van der Waals surface area contributed by atoms with E-state index in [0.717, 1.165) is 12.0 Å². The summed E-state index contributed by atoms with van der Waals surface area (Å²) < 4.78 is 31.9. The Labute approximate surface area is 155 Å². The van der Waals surface area contributed by atoms with Gasteiger partial charge in [0.1, 0.15) is 6.04 Å². The molecule has 1 aromatic carbocycles. The lowest BCUT2D eigenvalue weighted by Crippen LogP contribution is -2.41. The normalized spacial score (nSPS) is 13.1. The molecular weight excluding hydrogens is 356 g/mol. The number of hydrogen-bond acceptors (Lipinski definition) is 5. The van der Waals surface area contributed by atoms with Crippen LogP contribution in [0.15, 0.2) is 29.2 Å². The second-order valence-corrected chi connectivity index (χ2v) is 8.79. The molecular formula is C18H28N2O5S. The number of sulfonamides is 1. The summed E-state index contributed by atoms with van der Waals surface area (Å²) in [6, 6.07) is 5.38. The number of nitrogens with one attached hydrogen (secondary N) is 2. The Morgan fingerprint density at radius 3 is 2.23 bits per heavy atom. The predicted molar refractivity (Wildman–Crippen MR) is 99.2 cm³/mol. The standard InChI is InChI=1S/C18H28N2O5S/c1-6-11-19-16(21)12-25-17(22)13(2)20-26(23,24)15-9-7-14(8-10-15)18(3,4)5/h7-10,13,20H,6,11-12H2,1-5H3,(H,19,21)/t13-/m0/s1. The number of esters is 1. The summed E-state index contributed by atoms with van der Waals surface area (Å²) in [7, 11) is -3.87. The smallest absolute Gasteiger partial charge is 0.324 e. The van der Waals surface area contributed by atoms with Gasteiger partial charge >= 0.3 is 5.97 Å². The Morgan fingerprint density at radius 2 is 1.73 bits per heavy atom. The Hall–Kier alpha value is -1.93.